The number of amides is 2. The lowest BCUT2D eigenvalue weighted by Crippen LogP contribution is -2.48. The molecule has 2 amide bonds. The van der Waals surface area contributed by atoms with E-state index in [1.807, 2.05) is 24.1 Å². The lowest BCUT2D eigenvalue weighted by molar-refractivity contribution is -0.123. The molecule has 2 fully saturated rings. The standard InChI is InChI=1S/C31H45N5O3/c1-22-18-29(13-10-26(22)21-36-17-15-32-23(2)20-36)35(4)30(37)25-8-11-27(12-9-25)33-28-7-5-6-24(19-28)14-16-34(3)31(38)39/h5-7,10,13,18-19,23,25,27,32-33H,8-9,11-12,14-17,20-21H2,1-4H3,(H,38,39)/t23-,25-,27-/m0/s1. The Kier molecular flexibility index (Phi) is 9.86. The number of hydrogen-bond acceptors (Lipinski definition) is 5. The van der Waals surface area contributed by atoms with E-state index in [0.717, 1.165) is 68.8 Å². The molecule has 39 heavy (non-hydrogen) atoms. The lowest BCUT2D eigenvalue weighted by atomic mass is 9.85. The predicted molar refractivity (Wildman–Crippen MR) is 158 cm³/mol. The number of rotatable bonds is 9. The molecule has 0 spiro atoms. The van der Waals surface area contributed by atoms with Crippen LogP contribution in [0.25, 0.3) is 0 Å². The van der Waals surface area contributed by atoms with Crippen molar-refractivity contribution in [3.63, 3.8) is 0 Å². The largest absolute Gasteiger partial charge is 0.465 e. The van der Waals surface area contributed by atoms with Gasteiger partial charge in [-0.05, 0) is 86.9 Å². The third-order valence-electron chi connectivity index (χ3n) is 8.33. The number of carbonyl (C=O) groups is 2. The van der Waals surface area contributed by atoms with Crippen LogP contribution in [0.15, 0.2) is 42.5 Å². The molecule has 0 aromatic heterocycles. The number of anilines is 2. The van der Waals surface area contributed by atoms with E-state index < -0.39 is 6.09 Å². The topological polar surface area (TPSA) is 88.2 Å². The molecule has 1 saturated carbocycles. The second kappa shape index (κ2) is 13.3. The first-order chi connectivity index (χ1) is 18.7. The second-order valence-electron chi connectivity index (χ2n) is 11.4. The number of likely N-dealkylation sites (N-methyl/N-ethyl adjacent to an activating group) is 1. The average molecular weight is 536 g/mol. The zero-order chi connectivity index (χ0) is 27.9. The molecule has 1 aliphatic carbocycles. The van der Waals surface area contributed by atoms with Crippen LogP contribution in [0.1, 0.15) is 49.3 Å². The van der Waals surface area contributed by atoms with Gasteiger partial charge in [-0.25, -0.2) is 4.79 Å². The number of piperazine rings is 1. The van der Waals surface area contributed by atoms with Crippen LogP contribution in [0.2, 0.25) is 0 Å². The van der Waals surface area contributed by atoms with Crippen molar-refractivity contribution in [1.82, 2.24) is 15.1 Å². The van der Waals surface area contributed by atoms with Crippen LogP contribution >= 0.6 is 0 Å². The van der Waals surface area contributed by atoms with Crippen molar-refractivity contribution < 1.29 is 14.7 Å². The normalized spacial score (nSPS) is 21.8. The fraction of sp³-hybridized carbons (Fsp3) is 0.548. The summed E-state index contributed by atoms with van der Waals surface area (Å²) in [6.07, 6.45) is 3.44. The van der Waals surface area contributed by atoms with Crippen LogP contribution in [-0.4, -0.2) is 79.3 Å². The van der Waals surface area contributed by atoms with Crippen LogP contribution in [0, 0.1) is 12.8 Å². The summed E-state index contributed by atoms with van der Waals surface area (Å²) < 4.78 is 0. The third-order valence-corrected chi connectivity index (χ3v) is 8.33. The molecule has 2 aromatic carbocycles. The molecular weight excluding hydrogens is 490 g/mol. The number of aryl methyl sites for hydroxylation is 1. The molecule has 1 atom stereocenters. The van der Waals surface area contributed by atoms with Crippen LogP contribution in [-0.2, 0) is 17.8 Å². The highest BCUT2D eigenvalue weighted by Gasteiger charge is 2.29. The van der Waals surface area contributed by atoms with Crippen molar-refractivity contribution in [1.29, 1.82) is 0 Å². The fourth-order valence-corrected chi connectivity index (χ4v) is 5.79. The summed E-state index contributed by atoms with van der Waals surface area (Å²) in [5.41, 5.74) is 5.72. The minimum Gasteiger partial charge on any atom is -0.465 e. The van der Waals surface area contributed by atoms with Gasteiger partial charge < -0.3 is 25.5 Å². The van der Waals surface area contributed by atoms with Gasteiger partial charge in [0, 0.05) is 76.2 Å². The molecule has 0 unspecified atom stereocenters. The van der Waals surface area contributed by atoms with E-state index >= 15 is 0 Å². The van der Waals surface area contributed by atoms with E-state index in [4.69, 9.17) is 5.11 Å². The first kappa shape index (κ1) is 28.9. The number of carboxylic acid groups (broad SMARTS) is 1. The molecule has 1 saturated heterocycles. The number of hydrogen-bond donors (Lipinski definition) is 3. The van der Waals surface area contributed by atoms with Gasteiger partial charge in [-0.15, -0.1) is 0 Å². The Bertz CT molecular complexity index is 1130. The molecule has 8 heteroatoms. The van der Waals surface area contributed by atoms with Gasteiger partial charge in [0.15, 0.2) is 0 Å². The monoisotopic (exact) mass is 535 g/mol. The molecule has 1 heterocycles. The van der Waals surface area contributed by atoms with E-state index in [1.54, 1.807) is 7.05 Å². The molecule has 1 aliphatic heterocycles. The van der Waals surface area contributed by atoms with Gasteiger partial charge in [-0.1, -0.05) is 18.2 Å². The maximum Gasteiger partial charge on any atom is 0.407 e. The van der Waals surface area contributed by atoms with Gasteiger partial charge in [-0.3, -0.25) is 9.69 Å². The molecule has 0 bridgehead atoms. The second-order valence-corrected chi connectivity index (χ2v) is 11.4. The summed E-state index contributed by atoms with van der Waals surface area (Å²) in [5.74, 6) is 0.259. The Balaban J connectivity index is 1.26. The Morgan fingerprint density at radius 3 is 2.56 bits per heavy atom. The van der Waals surface area contributed by atoms with Crippen molar-refractivity contribution in [2.45, 2.75) is 64.6 Å². The summed E-state index contributed by atoms with van der Waals surface area (Å²) in [5, 5.41) is 16.2. The maximum atomic E-state index is 13.4. The minimum absolute atomic E-state index is 0.0493. The SMILES string of the molecule is Cc1cc(N(C)C(=O)[C@H]2CC[C@H](Nc3cccc(CCN(C)C(=O)O)c3)CC2)ccc1CN1CCN[C@@H](C)C1. The van der Waals surface area contributed by atoms with Gasteiger partial charge >= 0.3 is 6.09 Å². The Hall–Kier alpha value is -3.10. The highest BCUT2D eigenvalue weighted by Crippen LogP contribution is 2.30. The highest BCUT2D eigenvalue weighted by atomic mass is 16.4. The first-order valence-electron chi connectivity index (χ1n) is 14.3. The molecule has 2 aromatic rings. The molecule has 8 nitrogen and oxygen atoms in total. The van der Waals surface area contributed by atoms with Crippen LogP contribution in [0.3, 0.4) is 0 Å². The van der Waals surface area contributed by atoms with E-state index in [9.17, 15) is 9.59 Å². The summed E-state index contributed by atoms with van der Waals surface area (Å²) in [7, 11) is 3.50. The predicted octanol–water partition coefficient (Wildman–Crippen LogP) is 4.57. The molecule has 4 rings (SSSR count). The van der Waals surface area contributed by atoms with Gasteiger partial charge in [0.05, 0.1) is 0 Å². The van der Waals surface area contributed by atoms with Crippen molar-refractivity contribution in [2.24, 2.45) is 5.92 Å². The van der Waals surface area contributed by atoms with E-state index in [-0.39, 0.29) is 11.8 Å². The first-order valence-corrected chi connectivity index (χ1v) is 14.3. The zero-order valence-corrected chi connectivity index (χ0v) is 23.9. The zero-order valence-electron chi connectivity index (χ0n) is 23.9. The Morgan fingerprint density at radius 2 is 1.87 bits per heavy atom. The maximum absolute atomic E-state index is 13.4. The van der Waals surface area contributed by atoms with E-state index in [1.165, 1.54) is 16.0 Å². The third kappa shape index (κ3) is 7.96. The van der Waals surface area contributed by atoms with Gasteiger partial charge in [-0.2, -0.15) is 0 Å². The van der Waals surface area contributed by atoms with Gasteiger partial charge in [0.2, 0.25) is 5.91 Å². The van der Waals surface area contributed by atoms with Gasteiger partial charge in [0.25, 0.3) is 0 Å². The molecule has 0 radical (unpaired) electrons. The molecular formula is C31H45N5O3. The van der Waals surface area contributed by atoms with E-state index in [2.05, 4.69) is 59.7 Å². The van der Waals surface area contributed by atoms with Crippen molar-refractivity contribution in [3.05, 3.63) is 59.2 Å². The van der Waals surface area contributed by atoms with E-state index in [0.29, 0.717) is 25.0 Å². The Morgan fingerprint density at radius 1 is 1.10 bits per heavy atom. The highest BCUT2D eigenvalue weighted by molar-refractivity contribution is 5.94. The number of nitrogens with zero attached hydrogens (tertiary/aromatic N) is 3. The summed E-state index contributed by atoms with van der Waals surface area (Å²) in [6.45, 7) is 8.97. The summed E-state index contributed by atoms with van der Waals surface area (Å²) >= 11 is 0. The number of nitrogens with one attached hydrogen (secondary N) is 2. The Labute approximate surface area is 233 Å². The fourth-order valence-electron chi connectivity index (χ4n) is 5.79. The van der Waals surface area contributed by atoms with Crippen LogP contribution in [0.4, 0.5) is 16.2 Å². The van der Waals surface area contributed by atoms with Crippen molar-refractivity contribution >= 4 is 23.4 Å². The number of carbonyl (C=O) groups excluding carboxylic acids is 1. The van der Waals surface area contributed by atoms with Crippen LogP contribution < -0.4 is 15.5 Å². The molecule has 212 valence electrons. The van der Waals surface area contributed by atoms with Crippen molar-refractivity contribution in [2.75, 3.05) is 50.5 Å². The number of benzene rings is 2. The summed E-state index contributed by atoms with van der Waals surface area (Å²) in [4.78, 5) is 30.1. The lowest BCUT2D eigenvalue weighted by Gasteiger charge is -2.33. The van der Waals surface area contributed by atoms with Crippen LogP contribution in [0.5, 0.6) is 0 Å². The quantitative estimate of drug-likeness (QED) is 0.436. The smallest absolute Gasteiger partial charge is 0.407 e. The minimum atomic E-state index is -0.908. The van der Waals surface area contributed by atoms with Crippen molar-refractivity contribution in [3.8, 4) is 0 Å². The summed E-state index contributed by atoms with van der Waals surface area (Å²) in [6, 6.07) is 15.5. The molecule has 3 N–H and O–H groups in total. The average Bonchev–Trinajstić information content (AvgIpc) is 2.92. The van der Waals surface area contributed by atoms with Gasteiger partial charge in [0.1, 0.15) is 0 Å². The molecule has 2 aliphatic rings.